The number of ether oxygens (including phenoxy) is 1. The average molecular weight is 406 g/mol. The summed E-state index contributed by atoms with van der Waals surface area (Å²) in [7, 11) is 0. The summed E-state index contributed by atoms with van der Waals surface area (Å²) in [6.07, 6.45) is 0.953. The van der Waals surface area contributed by atoms with Crippen LogP contribution in [0.4, 0.5) is 24.8 Å². The highest BCUT2D eigenvalue weighted by molar-refractivity contribution is 5.60. The lowest BCUT2D eigenvalue weighted by Gasteiger charge is -2.15. The monoisotopic (exact) mass is 406 g/mol. The van der Waals surface area contributed by atoms with E-state index >= 15 is 0 Å². The van der Waals surface area contributed by atoms with E-state index in [1.807, 2.05) is 6.92 Å². The molecule has 3 rings (SSSR count). The molecule has 0 bridgehead atoms. The van der Waals surface area contributed by atoms with Crippen molar-refractivity contribution in [2.45, 2.75) is 13.5 Å². The Kier molecular flexibility index (Phi) is 6.13. The standard InChI is InChI=1S/C19H17F3N4O3/c1-11-2-3-13(29-5-4-27)8-16(11)24-19-25-17(28)9-23-26(19)10-12-6-14(20)18(22)15(21)7-12/h2-3,6-9,27H,4-5,10H2,1H3,(H,24,25,28). The van der Waals surface area contributed by atoms with Crippen LogP contribution in [0, 0.1) is 24.4 Å². The smallest absolute Gasteiger partial charge is 0.293 e. The maximum absolute atomic E-state index is 13.5. The first-order chi connectivity index (χ1) is 13.9. The lowest BCUT2D eigenvalue weighted by atomic mass is 10.2. The van der Waals surface area contributed by atoms with Gasteiger partial charge in [-0.3, -0.25) is 4.79 Å². The Morgan fingerprint density at radius 3 is 2.59 bits per heavy atom. The highest BCUT2D eigenvalue weighted by Crippen LogP contribution is 2.25. The van der Waals surface area contributed by atoms with E-state index in [1.54, 1.807) is 18.2 Å². The van der Waals surface area contributed by atoms with Gasteiger partial charge in [0.1, 0.15) is 18.6 Å². The van der Waals surface area contributed by atoms with Crippen LogP contribution < -0.4 is 15.6 Å². The summed E-state index contributed by atoms with van der Waals surface area (Å²) in [5.41, 5.74) is 0.820. The average Bonchev–Trinajstić information content (AvgIpc) is 2.68. The summed E-state index contributed by atoms with van der Waals surface area (Å²) in [6.45, 7) is 1.61. The van der Waals surface area contributed by atoms with Gasteiger partial charge in [-0.2, -0.15) is 10.1 Å². The van der Waals surface area contributed by atoms with Crippen molar-refractivity contribution >= 4 is 11.6 Å². The summed E-state index contributed by atoms with van der Waals surface area (Å²) in [4.78, 5) is 15.5. The second-order valence-electron chi connectivity index (χ2n) is 6.12. The first-order valence-corrected chi connectivity index (χ1v) is 8.56. The molecule has 7 nitrogen and oxygen atoms in total. The van der Waals surface area contributed by atoms with Crippen LogP contribution in [0.1, 0.15) is 11.1 Å². The van der Waals surface area contributed by atoms with Crippen molar-refractivity contribution < 1.29 is 23.0 Å². The van der Waals surface area contributed by atoms with Crippen molar-refractivity contribution in [1.29, 1.82) is 0 Å². The molecule has 0 spiro atoms. The summed E-state index contributed by atoms with van der Waals surface area (Å²) >= 11 is 0. The van der Waals surface area contributed by atoms with Crippen LogP contribution >= 0.6 is 0 Å². The molecule has 0 saturated carbocycles. The molecule has 0 atom stereocenters. The molecule has 2 aromatic carbocycles. The second kappa shape index (κ2) is 8.74. The lowest BCUT2D eigenvalue weighted by molar-refractivity contribution is 0.201. The van der Waals surface area contributed by atoms with E-state index in [9.17, 15) is 18.0 Å². The van der Waals surface area contributed by atoms with Crippen molar-refractivity contribution in [3.8, 4) is 5.75 Å². The number of benzene rings is 2. The van der Waals surface area contributed by atoms with Crippen molar-refractivity contribution in [2.24, 2.45) is 0 Å². The zero-order valence-corrected chi connectivity index (χ0v) is 15.3. The number of aliphatic hydroxyl groups excluding tert-OH is 1. The quantitative estimate of drug-likeness (QED) is 0.586. The van der Waals surface area contributed by atoms with E-state index in [0.717, 1.165) is 23.9 Å². The molecule has 152 valence electrons. The number of nitrogens with zero attached hydrogens (tertiary/aromatic N) is 3. The van der Waals surface area contributed by atoms with E-state index < -0.39 is 23.0 Å². The highest BCUT2D eigenvalue weighted by Gasteiger charge is 2.13. The predicted molar refractivity (Wildman–Crippen MR) is 98.8 cm³/mol. The molecule has 10 heteroatoms. The molecule has 0 fully saturated rings. The molecule has 0 saturated heterocycles. The number of anilines is 2. The minimum Gasteiger partial charge on any atom is -0.491 e. The minimum atomic E-state index is -1.56. The molecule has 0 aliphatic carbocycles. The molecule has 0 aliphatic heterocycles. The Hall–Kier alpha value is -3.40. The maximum atomic E-state index is 13.5. The number of hydrogen-bond donors (Lipinski definition) is 2. The van der Waals surface area contributed by atoms with Crippen molar-refractivity contribution in [3.05, 3.63) is 75.5 Å². The Labute approximate surface area is 163 Å². The van der Waals surface area contributed by atoms with Crippen LogP contribution in [0.5, 0.6) is 5.75 Å². The van der Waals surface area contributed by atoms with Gasteiger partial charge in [-0.25, -0.2) is 17.9 Å². The first-order valence-electron chi connectivity index (χ1n) is 8.56. The molecule has 0 radical (unpaired) electrons. The Morgan fingerprint density at radius 1 is 1.17 bits per heavy atom. The van der Waals surface area contributed by atoms with Gasteiger partial charge >= 0.3 is 0 Å². The van der Waals surface area contributed by atoms with E-state index in [2.05, 4.69) is 15.4 Å². The molecule has 2 N–H and O–H groups in total. The van der Waals surface area contributed by atoms with Crippen LogP contribution in [-0.4, -0.2) is 33.1 Å². The minimum absolute atomic E-state index is 0.0186. The molecule has 0 aliphatic rings. The van der Waals surface area contributed by atoms with Gasteiger partial charge < -0.3 is 15.2 Å². The van der Waals surface area contributed by atoms with Gasteiger partial charge in [-0.15, -0.1) is 0 Å². The van der Waals surface area contributed by atoms with Crippen LogP contribution in [0.3, 0.4) is 0 Å². The second-order valence-corrected chi connectivity index (χ2v) is 6.12. The topological polar surface area (TPSA) is 89.3 Å². The van der Waals surface area contributed by atoms with E-state index in [4.69, 9.17) is 9.84 Å². The van der Waals surface area contributed by atoms with Gasteiger partial charge in [0, 0.05) is 11.8 Å². The summed E-state index contributed by atoms with van der Waals surface area (Å²) in [5.74, 6) is -3.72. The molecule has 29 heavy (non-hydrogen) atoms. The van der Waals surface area contributed by atoms with Crippen molar-refractivity contribution in [3.63, 3.8) is 0 Å². The van der Waals surface area contributed by atoms with Crippen LogP contribution in [0.25, 0.3) is 0 Å². The summed E-state index contributed by atoms with van der Waals surface area (Å²) in [6, 6.07) is 6.81. The predicted octanol–water partition coefficient (Wildman–Crippen LogP) is 2.53. The van der Waals surface area contributed by atoms with E-state index in [0.29, 0.717) is 11.4 Å². The normalized spacial score (nSPS) is 10.8. The fourth-order valence-electron chi connectivity index (χ4n) is 2.55. The lowest BCUT2D eigenvalue weighted by Crippen LogP contribution is -2.19. The van der Waals surface area contributed by atoms with Crippen molar-refractivity contribution in [2.75, 3.05) is 18.5 Å². The summed E-state index contributed by atoms with van der Waals surface area (Å²) in [5, 5.41) is 15.8. The summed E-state index contributed by atoms with van der Waals surface area (Å²) < 4.78 is 46.7. The van der Waals surface area contributed by atoms with Gasteiger partial charge in [0.25, 0.3) is 5.56 Å². The van der Waals surface area contributed by atoms with E-state index in [-0.39, 0.29) is 31.3 Å². The number of aliphatic hydroxyl groups is 1. The molecule has 1 aromatic heterocycles. The fourth-order valence-corrected chi connectivity index (χ4v) is 2.55. The Bertz CT molecular complexity index is 1070. The van der Waals surface area contributed by atoms with Gasteiger partial charge in [0.05, 0.1) is 13.2 Å². The number of halogens is 3. The zero-order chi connectivity index (χ0) is 21.0. The number of aromatic nitrogens is 3. The molecule has 0 amide bonds. The van der Waals surface area contributed by atoms with Crippen LogP contribution in [0.15, 0.2) is 41.3 Å². The SMILES string of the molecule is Cc1ccc(OCCO)cc1Nc1nc(=O)cnn1Cc1cc(F)c(F)c(F)c1. The molecular weight excluding hydrogens is 389 g/mol. The van der Waals surface area contributed by atoms with Crippen LogP contribution in [-0.2, 0) is 6.54 Å². The number of nitrogens with one attached hydrogen (secondary N) is 1. The molecule has 1 heterocycles. The Balaban J connectivity index is 1.93. The largest absolute Gasteiger partial charge is 0.491 e. The first kappa shape index (κ1) is 20.3. The molecule has 0 unspecified atom stereocenters. The van der Waals surface area contributed by atoms with Crippen LogP contribution in [0.2, 0.25) is 0 Å². The number of hydrogen-bond acceptors (Lipinski definition) is 6. The third-order valence-electron chi connectivity index (χ3n) is 3.96. The molecule has 3 aromatic rings. The number of aryl methyl sites for hydroxylation is 1. The van der Waals surface area contributed by atoms with E-state index in [1.165, 1.54) is 4.68 Å². The fraction of sp³-hybridized carbons (Fsp3) is 0.211. The third-order valence-corrected chi connectivity index (χ3v) is 3.96. The number of rotatable bonds is 7. The van der Waals surface area contributed by atoms with Crippen molar-refractivity contribution in [1.82, 2.24) is 14.8 Å². The van der Waals surface area contributed by atoms with Gasteiger partial charge in [-0.05, 0) is 36.2 Å². The van der Waals surface area contributed by atoms with Gasteiger partial charge in [0.2, 0.25) is 5.95 Å². The third kappa shape index (κ3) is 4.91. The Morgan fingerprint density at radius 2 is 1.90 bits per heavy atom. The zero-order valence-electron chi connectivity index (χ0n) is 15.3. The molecular formula is C19H17F3N4O3. The maximum Gasteiger partial charge on any atom is 0.293 e. The van der Waals surface area contributed by atoms with Gasteiger partial charge in [0.15, 0.2) is 17.5 Å². The highest BCUT2D eigenvalue weighted by atomic mass is 19.2. The van der Waals surface area contributed by atoms with Gasteiger partial charge in [-0.1, -0.05) is 6.07 Å².